The van der Waals surface area contributed by atoms with Gasteiger partial charge in [-0.1, -0.05) is 70.5 Å². The van der Waals surface area contributed by atoms with Gasteiger partial charge in [-0.15, -0.1) is 11.3 Å². The van der Waals surface area contributed by atoms with Gasteiger partial charge in [0.15, 0.2) is 5.65 Å². The van der Waals surface area contributed by atoms with E-state index in [1.54, 1.807) is 41.8 Å². The van der Waals surface area contributed by atoms with E-state index in [2.05, 4.69) is 37.7 Å². The molecule has 3 aliphatic rings. The molecule has 24 heteroatoms. The van der Waals surface area contributed by atoms with Crippen molar-refractivity contribution in [3.8, 4) is 21.7 Å². The van der Waals surface area contributed by atoms with Gasteiger partial charge in [0.25, 0.3) is 0 Å². The number of aryl methyl sites for hydroxylation is 1. The number of rotatable bonds is 28. The number of sulfonamides is 1. The zero-order chi connectivity index (χ0) is 57.5. The van der Waals surface area contributed by atoms with Gasteiger partial charge >= 0.3 is 0 Å². The molecule has 442 valence electrons. The third-order valence-electron chi connectivity index (χ3n) is 15.0. The normalized spacial score (nSPS) is 19.7. The first-order chi connectivity index (χ1) is 39.0. The second-order valence-electron chi connectivity index (χ2n) is 22.1. The molecule has 3 aromatic heterocycles. The number of likely N-dealkylation sites (tertiary alicyclic amines) is 1. The quantitative estimate of drug-likeness (QED) is 0.0421. The summed E-state index contributed by atoms with van der Waals surface area (Å²) < 4.78 is 53.7. The van der Waals surface area contributed by atoms with Crippen LogP contribution in [0.2, 0.25) is 0 Å². The molecule has 22 nitrogen and oxygen atoms in total. The molecule has 3 fully saturated rings. The van der Waals surface area contributed by atoms with Crippen molar-refractivity contribution in [2.24, 2.45) is 5.41 Å². The third-order valence-corrected chi connectivity index (χ3v) is 17.9. The lowest BCUT2D eigenvalue weighted by atomic mass is 9.85. The smallest absolute Gasteiger partial charge is 0.246 e. The topological polar surface area (TPSA) is 265 Å². The summed E-state index contributed by atoms with van der Waals surface area (Å²) in [5, 5.41) is 35.6. The molecule has 2 aromatic carbocycles. The number of anilines is 1. The maximum atomic E-state index is 14.0. The SMILES string of the molecule is CCCCNc1ncc2c(-c3ccc(S(=O)(=O)N4CCN(CCOCCOCCOCCOCC(=O)N[C@H](C(=O)N5C[C@H](O)C[C@H]5C(=O)NCc5ccc(-c6scnc6C)cc5)C(C)(C)C)CC4)cc3)nn(C3CCC(O)CC3)c2n1. The lowest BCUT2D eigenvalue weighted by Crippen LogP contribution is -2.58. The molecule has 2 saturated heterocycles. The Bertz CT molecular complexity index is 2940. The number of aromatic nitrogens is 5. The van der Waals surface area contributed by atoms with E-state index in [9.17, 15) is 33.0 Å². The van der Waals surface area contributed by atoms with E-state index < -0.39 is 45.4 Å². The first kappa shape index (κ1) is 61.5. The number of unbranched alkanes of at least 4 members (excludes halogenated alkanes) is 1. The monoisotopic (exact) mass is 1160 g/mol. The van der Waals surface area contributed by atoms with Crippen molar-refractivity contribution in [1.82, 2.24) is 49.5 Å². The summed E-state index contributed by atoms with van der Waals surface area (Å²) in [6.07, 6.45) is 5.74. The van der Waals surface area contributed by atoms with Crippen molar-refractivity contribution in [2.75, 3.05) is 104 Å². The molecular formula is C57H81N11O11S2. The number of ether oxygens (including phenoxy) is 4. The summed E-state index contributed by atoms with van der Waals surface area (Å²) in [6, 6.07) is 13.0. The first-order valence-electron chi connectivity index (χ1n) is 28.4. The van der Waals surface area contributed by atoms with E-state index in [0.29, 0.717) is 90.2 Å². The number of hydrogen-bond donors (Lipinski definition) is 5. The summed E-state index contributed by atoms with van der Waals surface area (Å²) >= 11 is 1.57. The van der Waals surface area contributed by atoms with Gasteiger partial charge in [-0.05, 0) is 67.7 Å². The van der Waals surface area contributed by atoms with Crippen LogP contribution in [0.15, 0.2) is 65.1 Å². The van der Waals surface area contributed by atoms with Crippen molar-refractivity contribution in [3.63, 3.8) is 0 Å². The number of hydrogen-bond acceptors (Lipinski definition) is 18. The minimum atomic E-state index is -3.73. The van der Waals surface area contributed by atoms with Gasteiger partial charge in [-0.3, -0.25) is 19.3 Å². The van der Waals surface area contributed by atoms with Crippen molar-refractivity contribution < 1.29 is 52.0 Å². The Kier molecular flexibility index (Phi) is 22.1. The minimum Gasteiger partial charge on any atom is -0.393 e. The Morgan fingerprint density at radius 1 is 0.827 bits per heavy atom. The Morgan fingerprint density at radius 3 is 2.12 bits per heavy atom. The number of amides is 3. The highest BCUT2D eigenvalue weighted by Gasteiger charge is 2.44. The zero-order valence-corrected chi connectivity index (χ0v) is 49.0. The molecule has 0 bridgehead atoms. The summed E-state index contributed by atoms with van der Waals surface area (Å²) in [6.45, 7) is 15.1. The average molecular weight is 1160 g/mol. The Hall–Kier alpha value is -5.54. The minimum absolute atomic E-state index is 0.0261. The largest absolute Gasteiger partial charge is 0.393 e. The molecule has 2 aliphatic heterocycles. The van der Waals surface area contributed by atoms with Gasteiger partial charge in [-0.2, -0.15) is 14.4 Å². The van der Waals surface area contributed by atoms with E-state index in [1.165, 1.54) is 9.21 Å². The number of aliphatic hydroxyl groups is 2. The number of carbonyl (C=O) groups excluding carboxylic acids is 3. The highest BCUT2D eigenvalue weighted by Crippen LogP contribution is 2.36. The Labute approximate surface area is 479 Å². The van der Waals surface area contributed by atoms with E-state index in [4.69, 9.17) is 29.0 Å². The number of fused-ring (bicyclic) bond motifs is 1. The maximum absolute atomic E-state index is 14.0. The molecule has 5 aromatic rings. The van der Waals surface area contributed by atoms with Crippen LogP contribution in [-0.2, 0) is 49.9 Å². The van der Waals surface area contributed by atoms with E-state index in [1.807, 2.05) is 62.2 Å². The molecule has 0 unspecified atom stereocenters. The Morgan fingerprint density at radius 2 is 1.48 bits per heavy atom. The van der Waals surface area contributed by atoms with Crippen LogP contribution < -0.4 is 16.0 Å². The van der Waals surface area contributed by atoms with Crippen molar-refractivity contribution in [1.29, 1.82) is 0 Å². The van der Waals surface area contributed by atoms with Crippen LogP contribution in [0.4, 0.5) is 5.95 Å². The molecule has 81 heavy (non-hydrogen) atoms. The fourth-order valence-corrected chi connectivity index (χ4v) is 12.5. The fraction of sp³-hybridized carbons (Fsp3) is 0.596. The molecule has 1 saturated carbocycles. The van der Waals surface area contributed by atoms with E-state index in [0.717, 1.165) is 70.5 Å². The van der Waals surface area contributed by atoms with Gasteiger partial charge < -0.3 is 50.0 Å². The molecule has 0 radical (unpaired) electrons. The molecular weight excluding hydrogens is 1080 g/mol. The van der Waals surface area contributed by atoms with E-state index >= 15 is 0 Å². The molecule has 5 heterocycles. The molecule has 1 aliphatic carbocycles. The maximum Gasteiger partial charge on any atom is 0.246 e. The van der Waals surface area contributed by atoms with E-state index in [-0.39, 0.29) is 62.3 Å². The van der Waals surface area contributed by atoms with Gasteiger partial charge in [0.2, 0.25) is 33.7 Å². The van der Waals surface area contributed by atoms with Gasteiger partial charge in [0.1, 0.15) is 24.4 Å². The van der Waals surface area contributed by atoms with Crippen LogP contribution in [0, 0.1) is 12.3 Å². The predicted molar refractivity (Wildman–Crippen MR) is 308 cm³/mol. The summed E-state index contributed by atoms with van der Waals surface area (Å²) in [5.74, 6) is -0.780. The number of carbonyl (C=O) groups is 3. The number of nitrogens with zero attached hydrogens (tertiary/aromatic N) is 8. The molecule has 3 amide bonds. The average Bonchev–Trinajstić information content (AvgIpc) is 4.20. The zero-order valence-electron chi connectivity index (χ0n) is 47.4. The number of thiazole rings is 1. The van der Waals surface area contributed by atoms with Gasteiger partial charge in [-0.25, -0.2) is 23.1 Å². The molecule has 3 atom stereocenters. The number of benzene rings is 2. The summed E-state index contributed by atoms with van der Waals surface area (Å²) in [7, 11) is -3.73. The highest BCUT2D eigenvalue weighted by molar-refractivity contribution is 7.89. The van der Waals surface area contributed by atoms with Crippen molar-refractivity contribution in [2.45, 2.75) is 121 Å². The fourth-order valence-electron chi connectivity index (χ4n) is 10.3. The number of nitrogens with one attached hydrogen (secondary N) is 3. The lowest BCUT2D eigenvalue weighted by Gasteiger charge is -2.35. The van der Waals surface area contributed by atoms with Gasteiger partial charge in [0, 0.05) is 70.5 Å². The number of β-amino-alcohol motifs (C(OH)–C–C–N with tert-alkyl or cyclic N) is 1. The first-order valence-corrected chi connectivity index (χ1v) is 30.7. The van der Waals surface area contributed by atoms with Crippen LogP contribution in [0.25, 0.3) is 32.7 Å². The van der Waals surface area contributed by atoms with Crippen molar-refractivity contribution >= 4 is 56.1 Å². The van der Waals surface area contributed by atoms with Crippen LogP contribution in [0.3, 0.4) is 0 Å². The molecule has 0 spiro atoms. The standard InChI is InChI=1S/C57H81N11O11S2/c1-6-7-20-58-56-60-35-47-50(64-68(53(47)63-56)43-14-16-44(69)17-15-43)41-12-18-46(19-13-41)81(74,75)66-23-21-65(22-24-66)25-26-76-27-28-77-29-30-78-31-32-79-37-49(71)62-52(57(3,4)5)55(73)67-36-45(70)33-48(67)54(72)59-34-40-8-10-42(11-9-40)51-39(2)61-38-80-51/h8-13,18-19,35,38,43-45,48,52,69-70H,6-7,14-17,20-34,36-37H2,1-5H3,(H,59,72)(H,62,71)(H,58,60,63)/t43?,44?,45-,48+,52-/m1/s1. The lowest BCUT2D eigenvalue weighted by molar-refractivity contribution is -0.144. The summed E-state index contributed by atoms with van der Waals surface area (Å²) in [4.78, 5) is 59.1. The van der Waals surface area contributed by atoms with Crippen LogP contribution in [0.1, 0.15) is 89.9 Å². The molecule has 8 rings (SSSR count). The third kappa shape index (κ3) is 16.6. The van der Waals surface area contributed by atoms with Crippen LogP contribution >= 0.6 is 11.3 Å². The van der Waals surface area contributed by atoms with Gasteiger partial charge in [0.05, 0.1) is 90.9 Å². The predicted octanol–water partition coefficient (Wildman–Crippen LogP) is 4.80. The second-order valence-corrected chi connectivity index (χ2v) is 24.9. The number of aliphatic hydroxyl groups excluding tert-OH is 2. The van der Waals surface area contributed by atoms with Crippen LogP contribution in [0.5, 0.6) is 0 Å². The highest BCUT2D eigenvalue weighted by atomic mass is 32.2. The van der Waals surface area contributed by atoms with Crippen LogP contribution in [-0.4, -0.2) is 198 Å². The second kappa shape index (κ2) is 29.1. The number of piperazine rings is 1. The summed E-state index contributed by atoms with van der Waals surface area (Å²) in [5.41, 5.74) is 6.18. The Balaban J connectivity index is 0.673. The molecule has 5 N–H and O–H groups in total. The van der Waals surface area contributed by atoms with Crippen molar-refractivity contribution in [3.05, 3.63) is 71.5 Å².